The molecule has 0 spiro atoms. The average Bonchev–Trinajstić information content (AvgIpc) is 2.99. The minimum Gasteiger partial charge on any atom is -0.492 e. The molecule has 0 aliphatic rings. The monoisotopic (exact) mass is 468 g/mol. The molecule has 0 fully saturated rings. The molecule has 0 unspecified atom stereocenters. The Labute approximate surface area is 183 Å². The highest BCUT2D eigenvalue weighted by molar-refractivity contribution is 6.08. The number of nitrogens with zero attached hydrogens (tertiary/aromatic N) is 4. The van der Waals surface area contributed by atoms with Gasteiger partial charge in [-0.25, -0.2) is 4.98 Å². The Morgan fingerprint density at radius 1 is 0.939 bits per heavy atom. The van der Waals surface area contributed by atoms with Gasteiger partial charge in [-0.15, -0.1) is 0 Å². The number of rotatable bonds is 4. The second-order valence-electron chi connectivity index (χ2n) is 7.93. The van der Waals surface area contributed by atoms with Gasteiger partial charge in [-0.05, 0) is 43.9 Å². The first kappa shape index (κ1) is 22.8. The van der Waals surface area contributed by atoms with Crippen molar-refractivity contribution in [1.82, 2.24) is 19.4 Å². The summed E-state index contributed by atoms with van der Waals surface area (Å²) in [6, 6.07) is 8.90. The minimum atomic E-state index is -4.57. The summed E-state index contributed by atoms with van der Waals surface area (Å²) in [4.78, 5) is 10.1. The predicted molar refractivity (Wildman–Crippen MR) is 111 cm³/mol. The van der Waals surface area contributed by atoms with Crippen molar-refractivity contribution in [3.05, 3.63) is 53.6 Å². The lowest BCUT2D eigenvalue weighted by molar-refractivity contribution is -0.139. The van der Waals surface area contributed by atoms with Crippen molar-refractivity contribution < 1.29 is 31.4 Å². The maximum Gasteiger partial charge on any atom is 0.416 e. The quantitative estimate of drug-likeness (QED) is 0.396. The van der Waals surface area contributed by atoms with E-state index >= 15 is 0 Å². The Morgan fingerprint density at radius 2 is 1.61 bits per heavy atom. The lowest BCUT2D eigenvalue weighted by Crippen LogP contribution is -2.17. The maximum absolute atomic E-state index is 13.3. The van der Waals surface area contributed by atoms with Gasteiger partial charge in [0.15, 0.2) is 5.82 Å². The van der Waals surface area contributed by atoms with Crippen LogP contribution in [0.4, 0.5) is 26.3 Å². The molecule has 2 heterocycles. The van der Waals surface area contributed by atoms with E-state index in [1.54, 1.807) is 12.1 Å². The fraction of sp³-hybridized carbons (Fsp3) is 0.273. The Hall–Kier alpha value is -3.34. The van der Waals surface area contributed by atoms with E-state index in [9.17, 15) is 31.4 Å². The van der Waals surface area contributed by atoms with E-state index in [2.05, 4.69) is 9.97 Å². The molecule has 4 aromatic rings. The smallest absolute Gasteiger partial charge is 0.416 e. The molecule has 5 nitrogen and oxygen atoms in total. The van der Waals surface area contributed by atoms with Crippen LogP contribution < -0.4 is 0 Å². The summed E-state index contributed by atoms with van der Waals surface area (Å²) in [6.45, 7) is -0.846. The topological polar surface area (TPSA) is 54.2 Å². The van der Waals surface area contributed by atoms with Crippen LogP contribution in [0.5, 0.6) is 5.88 Å². The van der Waals surface area contributed by atoms with Crippen LogP contribution in [0.25, 0.3) is 33.3 Å². The molecule has 174 valence electrons. The number of benzene rings is 2. The summed E-state index contributed by atoms with van der Waals surface area (Å²) >= 11 is 0. The predicted octanol–water partition coefficient (Wildman–Crippen LogP) is 5.60. The van der Waals surface area contributed by atoms with Crippen molar-refractivity contribution in [3.63, 3.8) is 0 Å². The highest BCUT2D eigenvalue weighted by atomic mass is 19.4. The molecule has 0 aliphatic carbocycles. The number of alkyl halides is 6. The van der Waals surface area contributed by atoms with Gasteiger partial charge in [0.05, 0.1) is 11.1 Å². The van der Waals surface area contributed by atoms with E-state index in [1.807, 2.05) is 19.0 Å². The van der Waals surface area contributed by atoms with Crippen LogP contribution in [0.1, 0.15) is 11.1 Å². The molecule has 4 rings (SSSR count). The van der Waals surface area contributed by atoms with Crippen molar-refractivity contribution in [2.24, 2.45) is 0 Å². The van der Waals surface area contributed by atoms with Gasteiger partial charge in [-0.3, -0.25) is 0 Å². The van der Waals surface area contributed by atoms with Gasteiger partial charge in [0.2, 0.25) is 5.88 Å². The molecule has 33 heavy (non-hydrogen) atoms. The molecule has 2 aromatic carbocycles. The molecule has 0 bridgehead atoms. The highest BCUT2D eigenvalue weighted by Gasteiger charge is 2.32. The van der Waals surface area contributed by atoms with Crippen molar-refractivity contribution in [2.45, 2.75) is 25.4 Å². The van der Waals surface area contributed by atoms with Crippen LogP contribution in [0.3, 0.4) is 0 Å². The lowest BCUT2D eigenvalue weighted by atomic mass is 10.1. The van der Waals surface area contributed by atoms with Crippen molar-refractivity contribution in [2.75, 3.05) is 14.1 Å². The zero-order valence-corrected chi connectivity index (χ0v) is 17.5. The van der Waals surface area contributed by atoms with Gasteiger partial charge in [-0.1, -0.05) is 18.2 Å². The van der Waals surface area contributed by atoms with Gasteiger partial charge in [0, 0.05) is 17.5 Å². The molecular formula is C22H18F6N4O. The summed E-state index contributed by atoms with van der Waals surface area (Å²) in [5.41, 5.74) is 0.219. The molecule has 0 saturated heterocycles. The Bertz CT molecular complexity index is 1320. The van der Waals surface area contributed by atoms with E-state index in [0.717, 1.165) is 34.4 Å². The molecule has 2 aromatic heterocycles. The Kier molecular flexibility index (Phi) is 5.47. The fourth-order valence-corrected chi connectivity index (χ4v) is 3.75. The summed E-state index contributed by atoms with van der Waals surface area (Å²) in [5, 5.41) is 10.9. The minimum absolute atomic E-state index is 0.0808. The number of aromatic nitrogens is 3. The summed E-state index contributed by atoms with van der Waals surface area (Å²) in [5.74, 6) is -0.790. The van der Waals surface area contributed by atoms with Gasteiger partial charge < -0.3 is 14.6 Å². The number of halogens is 6. The Morgan fingerprint density at radius 3 is 2.18 bits per heavy atom. The van der Waals surface area contributed by atoms with Crippen LogP contribution in [-0.4, -0.2) is 44.8 Å². The number of fused-ring (bicyclic) bond motifs is 3. The second kappa shape index (κ2) is 7.91. The molecule has 0 amide bonds. The van der Waals surface area contributed by atoms with Gasteiger partial charge >= 0.3 is 12.4 Å². The molecular weight excluding hydrogens is 450 g/mol. The molecule has 1 N–H and O–H groups in total. The summed E-state index contributed by atoms with van der Waals surface area (Å²) in [7, 11) is 3.68. The molecule has 11 heteroatoms. The average molecular weight is 468 g/mol. The van der Waals surface area contributed by atoms with Crippen LogP contribution in [-0.2, 0) is 19.3 Å². The normalized spacial score (nSPS) is 12.9. The fourth-order valence-electron chi connectivity index (χ4n) is 3.75. The van der Waals surface area contributed by atoms with Gasteiger partial charge in [-0.2, -0.15) is 31.3 Å². The first-order chi connectivity index (χ1) is 15.3. The van der Waals surface area contributed by atoms with E-state index in [4.69, 9.17) is 0 Å². The van der Waals surface area contributed by atoms with Gasteiger partial charge in [0.1, 0.15) is 17.6 Å². The third-order valence-corrected chi connectivity index (χ3v) is 5.05. The van der Waals surface area contributed by atoms with Crippen molar-refractivity contribution >= 4 is 21.9 Å². The van der Waals surface area contributed by atoms with Crippen LogP contribution in [0.15, 0.2) is 42.5 Å². The standard InChI is InChI=1S/C22H18F6N4O/c1-31(2)10-12-3-8-16-15(9-12)17-18(32(16)11-21(23,24)25)20(33)30-19(29-17)13-4-6-14(7-5-13)22(26,27)28/h3-9H,10-11H2,1-2H3,(H,29,30,33). The first-order valence-electron chi connectivity index (χ1n) is 9.74. The Balaban J connectivity index is 1.95. The van der Waals surface area contributed by atoms with Crippen molar-refractivity contribution in [3.8, 4) is 17.3 Å². The SMILES string of the molecule is CN(C)Cc1ccc2c(c1)c1nc(-c3ccc(C(F)(F)F)cc3)nc(O)c1n2CC(F)(F)F. The van der Waals surface area contributed by atoms with E-state index in [0.29, 0.717) is 11.9 Å². The van der Waals surface area contributed by atoms with Gasteiger partial charge in [0.25, 0.3) is 0 Å². The first-order valence-corrected chi connectivity index (χ1v) is 9.74. The van der Waals surface area contributed by atoms with Crippen LogP contribution >= 0.6 is 0 Å². The van der Waals surface area contributed by atoms with Crippen molar-refractivity contribution in [1.29, 1.82) is 0 Å². The van der Waals surface area contributed by atoms with E-state index < -0.39 is 30.3 Å². The van der Waals surface area contributed by atoms with Crippen LogP contribution in [0.2, 0.25) is 0 Å². The molecule has 0 saturated carbocycles. The van der Waals surface area contributed by atoms with E-state index in [-0.39, 0.29) is 27.9 Å². The maximum atomic E-state index is 13.3. The zero-order chi connectivity index (χ0) is 24.1. The molecule has 0 radical (unpaired) electrons. The third-order valence-electron chi connectivity index (χ3n) is 5.05. The highest BCUT2D eigenvalue weighted by Crippen LogP contribution is 2.37. The van der Waals surface area contributed by atoms with Crippen LogP contribution in [0, 0.1) is 0 Å². The third kappa shape index (κ3) is 4.58. The largest absolute Gasteiger partial charge is 0.492 e. The number of aromatic hydroxyl groups is 1. The zero-order valence-electron chi connectivity index (χ0n) is 17.5. The summed E-state index contributed by atoms with van der Waals surface area (Å²) in [6.07, 6.45) is -9.10. The second-order valence-corrected chi connectivity index (χ2v) is 7.93. The molecule has 0 atom stereocenters. The van der Waals surface area contributed by atoms with E-state index in [1.165, 1.54) is 6.07 Å². The lowest BCUT2D eigenvalue weighted by Gasteiger charge is -2.12. The summed E-state index contributed by atoms with van der Waals surface area (Å²) < 4.78 is 79.4. The molecule has 0 aliphatic heterocycles. The number of hydrogen-bond acceptors (Lipinski definition) is 4. The number of hydrogen-bond donors (Lipinski definition) is 1.